The summed E-state index contributed by atoms with van der Waals surface area (Å²) < 4.78 is 27.9. The summed E-state index contributed by atoms with van der Waals surface area (Å²) in [6.07, 6.45) is 1.31. The Morgan fingerprint density at radius 2 is 2.00 bits per heavy atom. The normalized spacial score (nSPS) is 13.8. The second-order valence-electron chi connectivity index (χ2n) is 4.81. The Balaban J connectivity index is 2.74. The van der Waals surface area contributed by atoms with E-state index in [1.165, 1.54) is 0 Å². The quantitative estimate of drug-likeness (QED) is 0.849. The predicted octanol–water partition coefficient (Wildman–Crippen LogP) is 1.30. The number of rotatable bonds is 6. The lowest BCUT2D eigenvalue weighted by molar-refractivity contribution is 0.558. The smallest absolute Gasteiger partial charge is 0.211 e. The molecule has 0 aliphatic heterocycles. The Kier molecular flexibility index (Phi) is 4.92. The molecule has 0 bridgehead atoms. The second kappa shape index (κ2) is 5.84. The average molecular weight is 273 g/mol. The number of hydrogen-bond acceptors (Lipinski definition) is 3. The van der Waals surface area contributed by atoms with Crippen LogP contribution in [0, 0.1) is 13.8 Å². The molecule has 18 heavy (non-hydrogen) atoms. The zero-order valence-corrected chi connectivity index (χ0v) is 12.6. The predicted molar refractivity (Wildman–Crippen MR) is 73.1 cm³/mol. The molecule has 1 atom stereocenters. The van der Waals surface area contributed by atoms with Gasteiger partial charge in [-0.1, -0.05) is 6.92 Å². The molecule has 1 aromatic rings. The number of sulfonamides is 1. The van der Waals surface area contributed by atoms with Crippen LogP contribution in [0.15, 0.2) is 0 Å². The van der Waals surface area contributed by atoms with Gasteiger partial charge >= 0.3 is 0 Å². The highest BCUT2D eigenvalue weighted by atomic mass is 32.2. The van der Waals surface area contributed by atoms with Gasteiger partial charge in [-0.05, 0) is 39.2 Å². The molecule has 1 heterocycles. The summed E-state index contributed by atoms with van der Waals surface area (Å²) in [5, 5.41) is 4.34. The standard InChI is InChI=1S/C12H23N3O2S/c1-6-7-18(16,17)14-9(2)8-12-10(3)13-15(5)11(12)4/h9,14H,6-8H2,1-5H3/t9-/m0/s1. The van der Waals surface area contributed by atoms with Crippen LogP contribution in [0.5, 0.6) is 0 Å². The maximum absolute atomic E-state index is 11.7. The molecule has 6 heteroatoms. The molecular weight excluding hydrogens is 250 g/mol. The van der Waals surface area contributed by atoms with Crippen molar-refractivity contribution >= 4 is 10.0 Å². The topological polar surface area (TPSA) is 64.0 Å². The highest BCUT2D eigenvalue weighted by Crippen LogP contribution is 2.14. The number of aromatic nitrogens is 2. The Labute approximate surface area is 110 Å². The first-order valence-corrected chi connectivity index (χ1v) is 7.91. The number of aryl methyl sites for hydroxylation is 2. The first-order valence-electron chi connectivity index (χ1n) is 6.26. The zero-order chi connectivity index (χ0) is 13.9. The van der Waals surface area contributed by atoms with E-state index >= 15 is 0 Å². The summed E-state index contributed by atoms with van der Waals surface area (Å²) in [4.78, 5) is 0. The molecule has 0 aliphatic rings. The molecule has 0 unspecified atom stereocenters. The van der Waals surface area contributed by atoms with E-state index < -0.39 is 10.0 Å². The highest BCUT2D eigenvalue weighted by Gasteiger charge is 2.17. The Hall–Kier alpha value is -0.880. The second-order valence-corrected chi connectivity index (χ2v) is 6.69. The molecule has 0 radical (unpaired) electrons. The van der Waals surface area contributed by atoms with Gasteiger partial charge in [-0.3, -0.25) is 4.68 Å². The first kappa shape index (κ1) is 15.2. The van der Waals surface area contributed by atoms with Gasteiger partial charge in [0.25, 0.3) is 0 Å². The largest absolute Gasteiger partial charge is 0.272 e. The maximum atomic E-state index is 11.7. The van der Waals surface area contributed by atoms with Crippen LogP contribution in [0.4, 0.5) is 0 Å². The minimum atomic E-state index is -3.15. The van der Waals surface area contributed by atoms with Crippen molar-refractivity contribution in [1.82, 2.24) is 14.5 Å². The van der Waals surface area contributed by atoms with Crippen molar-refractivity contribution in [2.45, 2.75) is 46.6 Å². The number of nitrogens with zero attached hydrogens (tertiary/aromatic N) is 2. The van der Waals surface area contributed by atoms with Gasteiger partial charge in [0.2, 0.25) is 10.0 Å². The van der Waals surface area contributed by atoms with Crippen molar-refractivity contribution in [3.63, 3.8) is 0 Å². The van der Waals surface area contributed by atoms with Crippen LogP contribution >= 0.6 is 0 Å². The third-order valence-corrected chi connectivity index (χ3v) is 4.73. The molecule has 1 rings (SSSR count). The molecule has 0 fully saturated rings. The van der Waals surface area contributed by atoms with Crippen LogP contribution in [-0.2, 0) is 23.5 Å². The molecule has 0 spiro atoms. The molecule has 0 saturated heterocycles. The molecule has 0 saturated carbocycles. The van der Waals surface area contributed by atoms with Crippen LogP contribution in [0.3, 0.4) is 0 Å². The lowest BCUT2D eigenvalue weighted by Crippen LogP contribution is -2.35. The molecule has 104 valence electrons. The first-order chi connectivity index (χ1) is 8.26. The van der Waals surface area contributed by atoms with Gasteiger partial charge in [-0.25, -0.2) is 13.1 Å². The van der Waals surface area contributed by atoms with E-state index in [-0.39, 0.29) is 11.8 Å². The molecule has 5 nitrogen and oxygen atoms in total. The average Bonchev–Trinajstić information content (AvgIpc) is 2.44. The van der Waals surface area contributed by atoms with Crippen LogP contribution in [-0.4, -0.2) is 30.0 Å². The van der Waals surface area contributed by atoms with Gasteiger partial charge in [0.05, 0.1) is 11.4 Å². The van der Waals surface area contributed by atoms with Crippen molar-refractivity contribution < 1.29 is 8.42 Å². The third-order valence-electron chi connectivity index (χ3n) is 3.02. The Morgan fingerprint density at radius 3 is 2.44 bits per heavy atom. The lowest BCUT2D eigenvalue weighted by Gasteiger charge is -2.14. The van der Waals surface area contributed by atoms with Crippen molar-refractivity contribution in [2.75, 3.05) is 5.75 Å². The zero-order valence-electron chi connectivity index (χ0n) is 11.8. The summed E-state index contributed by atoms with van der Waals surface area (Å²) in [6, 6.07) is -0.108. The molecule has 0 amide bonds. The van der Waals surface area contributed by atoms with Crippen molar-refractivity contribution in [3.05, 3.63) is 17.0 Å². The Bertz CT molecular complexity index is 506. The summed E-state index contributed by atoms with van der Waals surface area (Å²) in [6.45, 7) is 7.70. The van der Waals surface area contributed by atoms with Crippen molar-refractivity contribution in [1.29, 1.82) is 0 Å². The van der Waals surface area contributed by atoms with E-state index in [9.17, 15) is 8.42 Å². The van der Waals surface area contributed by atoms with E-state index in [4.69, 9.17) is 0 Å². The van der Waals surface area contributed by atoms with Gasteiger partial charge in [-0.15, -0.1) is 0 Å². The fourth-order valence-corrected chi connectivity index (χ4v) is 3.45. The van der Waals surface area contributed by atoms with E-state index in [1.54, 1.807) is 0 Å². The Morgan fingerprint density at radius 1 is 1.39 bits per heavy atom. The van der Waals surface area contributed by atoms with E-state index in [0.29, 0.717) is 12.8 Å². The van der Waals surface area contributed by atoms with Crippen molar-refractivity contribution in [3.8, 4) is 0 Å². The molecule has 0 aliphatic carbocycles. The molecule has 0 aromatic carbocycles. The van der Waals surface area contributed by atoms with Gasteiger partial charge in [0.1, 0.15) is 0 Å². The van der Waals surface area contributed by atoms with Crippen LogP contribution in [0.2, 0.25) is 0 Å². The van der Waals surface area contributed by atoms with Crippen LogP contribution in [0.1, 0.15) is 37.2 Å². The highest BCUT2D eigenvalue weighted by molar-refractivity contribution is 7.89. The van der Waals surface area contributed by atoms with E-state index in [1.807, 2.05) is 39.4 Å². The monoisotopic (exact) mass is 273 g/mol. The summed E-state index contributed by atoms with van der Waals surface area (Å²) in [5.74, 6) is 0.183. The van der Waals surface area contributed by atoms with Gasteiger partial charge < -0.3 is 0 Å². The summed E-state index contributed by atoms with van der Waals surface area (Å²) in [7, 11) is -1.25. The SMILES string of the molecule is CCCS(=O)(=O)N[C@@H](C)Cc1c(C)nn(C)c1C. The summed E-state index contributed by atoms with van der Waals surface area (Å²) >= 11 is 0. The van der Waals surface area contributed by atoms with E-state index in [0.717, 1.165) is 17.0 Å². The fourth-order valence-electron chi connectivity index (χ4n) is 2.09. The minimum Gasteiger partial charge on any atom is -0.272 e. The van der Waals surface area contributed by atoms with Gasteiger partial charge in [0, 0.05) is 18.8 Å². The number of nitrogens with one attached hydrogen (secondary N) is 1. The van der Waals surface area contributed by atoms with Crippen LogP contribution in [0.25, 0.3) is 0 Å². The van der Waals surface area contributed by atoms with Crippen molar-refractivity contribution in [2.24, 2.45) is 7.05 Å². The van der Waals surface area contributed by atoms with Gasteiger partial charge in [0.15, 0.2) is 0 Å². The summed E-state index contributed by atoms with van der Waals surface area (Å²) in [5.41, 5.74) is 3.19. The molecular formula is C12H23N3O2S. The lowest BCUT2D eigenvalue weighted by atomic mass is 10.1. The minimum absolute atomic E-state index is 0.108. The fraction of sp³-hybridized carbons (Fsp3) is 0.750. The third kappa shape index (κ3) is 3.81. The van der Waals surface area contributed by atoms with Crippen LogP contribution < -0.4 is 4.72 Å². The van der Waals surface area contributed by atoms with E-state index in [2.05, 4.69) is 9.82 Å². The molecule has 1 N–H and O–H groups in total. The molecule has 1 aromatic heterocycles. The van der Waals surface area contributed by atoms with Gasteiger partial charge in [-0.2, -0.15) is 5.10 Å². The number of hydrogen-bond donors (Lipinski definition) is 1. The maximum Gasteiger partial charge on any atom is 0.211 e.